The smallest absolute Gasteiger partial charge is 0.254 e. The number of hydrogen-bond donors (Lipinski definition) is 0. The van der Waals surface area contributed by atoms with Crippen LogP contribution in [0.2, 0.25) is 0 Å². The minimum absolute atomic E-state index is 0.0440. The molecule has 0 bridgehead atoms. The number of rotatable bonds is 9. The maximum Gasteiger partial charge on any atom is 0.254 e. The number of benzene rings is 3. The van der Waals surface area contributed by atoms with Gasteiger partial charge in [-0.05, 0) is 48.4 Å². The summed E-state index contributed by atoms with van der Waals surface area (Å²) < 4.78 is 16.5. The lowest BCUT2D eigenvalue weighted by atomic mass is 10.1. The fourth-order valence-electron chi connectivity index (χ4n) is 3.17. The van der Waals surface area contributed by atoms with Gasteiger partial charge in [-0.2, -0.15) is 0 Å². The maximum atomic E-state index is 13.1. The summed E-state index contributed by atoms with van der Waals surface area (Å²) in [6.07, 6.45) is 0. The van der Waals surface area contributed by atoms with Crippen molar-refractivity contribution in [1.82, 2.24) is 4.90 Å². The lowest BCUT2D eigenvalue weighted by Gasteiger charge is -2.22. The highest BCUT2D eigenvalue weighted by Crippen LogP contribution is 2.28. The van der Waals surface area contributed by atoms with Crippen LogP contribution in [0.25, 0.3) is 0 Å². The van der Waals surface area contributed by atoms with Crippen molar-refractivity contribution in [1.29, 1.82) is 0 Å². The normalized spacial score (nSPS) is 10.4. The van der Waals surface area contributed by atoms with Crippen molar-refractivity contribution >= 4 is 5.91 Å². The molecular formula is C25H27NO4. The molecule has 3 aromatic carbocycles. The van der Waals surface area contributed by atoms with E-state index in [1.807, 2.05) is 73.7 Å². The molecule has 0 aliphatic carbocycles. The summed E-state index contributed by atoms with van der Waals surface area (Å²) in [6, 6.07) is 23.0. The van der Waals surface area contributed by atoms with Crippen LogP contribution in [0.4, 0.5) is 0 Å². The molecule has 0 aliphatic heterocycles. The van der Waals surface area contributed by atoms with E-state index in [4.69, 9.17) is 14.2 Å². The van der Waals surface area contributed by atoms with Gasteiger partial charge in [0.1, 0.15) is 12.4 Å². The van der Waals surface area contributed by atoms with Crippen LogP contribution in [0, 0.1) is 0 Å². The van der Waals surface area contributed by atoms with Crippen molar-refractivity contribution < 1.29 is 19.0 Å². The predicted octanol–water partition coefficient (Wildman–Crippen LogP) is 4.95. The lowest BCUT2D eigenvalue weighted by Crippen LogP contribution is -2.30. The van der Waals surface area contributed by atoms with E-state index in [0.717, 1.165) is 11.1 Å². The first-order chi connectivity index (χ1) is 14.6. The molecule has 0 spiro atoms. The van der Waals surface area contributed by atoms with Gasteiger partial charge in [0, 0.05) is 18.7 Å². The van der Waals surface area contributed by atoms with E-state index < -0.39 is 0 Å². The summed E-state index contributed by atoms with van der Waals surface area (Å²) in [5.41, 5.74) is 2.65. The van der Waals surface area contributed by atoms with Gasteiger partial charge in [-0.15, -0.1) is 0 Å². The Balaban J connectivity index is 1.71. The van der Waals surface area contributed by atoms with E-state index in [-0.39, 0.29) is 5.91 Å². The molecule has 5 nitrogen and oxygen atoms in total. The molecule has 0 N–H and O–H groups in total. The molecule has 3 aromatic rings. The van der Waals surface area contributed by atoms with E-state index in [2.05, 4.69) is 0 Å². The first-order valence-electron chi connectivity index (χ1n) is 9.91. The molecule has 0 heterocycles. The summed E-state index contributed by atoms with van der Waals surface area (Å²) in [7, 11) is 3.21. The molecule has 0 unspecified atom stereocenters. The molecule has 156 valence electrons. The number of methoxy groups -OCH3 is 2. The van der Waals surface area contributed by atoms with E-state index in [1.54, 1.807) is 25.2 Å². The number of amides is 1. The Hall–Kier alpha value is -3.47. The zero-order valence-electron chi connectivity index (χ0n) is 17.6. The topological polar surface area (TPSA) is 48.0 Å². The van der Waals surface area contributed by atoms with Gasteiger partial charge >= 0.3 is 0 Å². The van der Waals surface area contributed by atoms with Crippen molar-refractivity contribution in [2.45, 2.75) is 20.1 Å². The average molecular weight is 405 g/mol. The molecular weight excluding hydrogens is 378 g/mol. The van der Waals surface area contributed by atoms with Crippen LogP contribution < -0.4 is 14.2 Å². The largest absolute Gasteiger partial charge is 0.493 e. The molecule has 0 saturated carbocycles. The molecule has 0 fully saturated rings. The molecule has 3 rings (SSSR count). The second-order valence-corrected chi connectivity index (χ2v) is 6.81. The van der Waals surface area contributed by atoms with Gasteiger partial charge in [-0.25, -0.2) is 0 Å². The summed E-state index contributed by atoms with van der Waals surface area (Å²) in [5.74, 6) is 1.94. The van der Waals surface area contributed by atoms with Gasteiger partial charge in [-0.3, -0.25) is 4.79 Å². The SMILES string of the molecule is CCN(Cc1ccc(OC)c(OC)c1)C(=O)c1cccc(OCc2ccccc2)c1. The average Bonchev–Trinajstić information content (AvgIpc) is 2.81. The van der Waals surface area contributed by atoms with Gasteiger partial charge in [0.15, 0.2) is 11.5 Å². The summed E-state index contributed by atoms with van der Waals surface area (Å²) >= 11 is 0. The van der Waals surface area contributed by atoms with Gasteiger partial charge in [-0.1, -0.05) is 42.5 Å². The standard InChI is InChI=1S/C25H27NO4/c1-4-26(17-20-13-14-23(28-2)24(15-20)29-3)25(27)21-11-8-12-22(16-21)30-18-19-9-6-5-7-10-19/h5-16H,4,17-18H2,1-3H3. The van der Waals surface area contributed by atoms with Crippen LogP contribution in [0.3, 0.4) is 0 Å². The molecule has 0 aliphatic rings. The van der Waals surface area contributed by atoms with Crippen LogP contribution in [-0.2, 0) is 13.2 Å². The quantitative estimate of drug-likeness (QED) is 0.506. The van der Waals surface area contributed by atoms with E-state index in [0.29, 0.717) is 42.5 Å². The van der Waals surface area contributed by atoms with Crippen LogP contribution >= 0.6 is 0 Å². The molecule has 0 radical (unpaired) electrons. The first kappa shape index (κ1) is 21.2. The predicted molar refractivity (Wildman–Crippen MR) is 117 cm³/mol. The minimum Gasteiger partial charge on any atom is -0.493 e. The Labute approximate surface area is 177 Å². The lowest BCUT2D eigenvalue weighted by molar-refractivity contribution is 0.0752. The molecule has 1 amide bonds. The van der Waals surface area contributed by atoms with Crippen molar-refractivity contribution in [3.05, 3.63) is 89.5 Å². The Bertz CT molecular complexity index is 972. The fraction of sp³-hybridized carbons (Fsp3) is 0.240. The Morgan fingerprint density at radius 1 is 0.833 bits per heavy atom. The Morgan fingerprint density at radius 3 is 2.30 bits per heavy atom. The number of hydrogen-bond acceptors (Lipinski definition) is 4. The van der Waals surface area contributed by atoms with Gasteiger partial charge in [0.2, 0.25) is 0 Å². The number of carbonyl (C=O) groups is 1. The van der Waals surface area contributed by atoms with Gasteiger partial charge in [0.25, 0.3) is 5.91 Å². The third-order valence-corrected chi connectivity index (χ3v) is 4.82. The van der Waals surface area contributed by atoms with Crippen LogP contribution in [0.1, 0.15) is 28.4 Å². The summed E-state index contributed by atoms with van der Waals surface area (Å²) in [5, 5.41) is 0. The van der Waals surface area contributed by atoms with Crippen molar-refractivity contribution in [3.8, 4) is 17.2 Å². The molecule has 30 heavy (non-hydrogen) atoms. The van der Waals surface area contributed by atoms with E-state index in [1.165, 1.54) is 0 Å². The van der Waals surface area contributed by atoms with E-state index >= 15 is 0 Å². The van der Waals surface area contributed by atoms with Gasteiger partial charge < -0.3 is 19.1 Å². The Morgan fingerprint density at radius 2 is 1.60 bits per heavy atom. The maximum absolute atomic E-state index is 13.1. The van der Waals surface area contributed by atoms with Crippen molar-refractivity contribution in [2.75, 3.05) is 20.8 Å². The first-order valence-corrected chi connectivity index (χ1v) is 9.91. The second kappa shape index (κ2) is 10.3. The summed E-state index contributed by atoms with van der Waals surface area (Å²) in [6.45, 7) is 3.49. The van der Waals surface area contributed by atoms with Crippen LogP contribution in [0.5, 0.6) is 17.2 Å². The molecule has 0 atom stereocenters. The third kappa shape index (κ3) is 5.32. The second-order valence-electron chi connectivity index (χ2n) is 6.81. The third-order valence-electron chi connectivity index (χ3n) is 4.82. The zero-order chi connectivity index (χ0) is 21.3. The summed E-state index contributed by atoms with van der Waals surface area (Å²) in [4.78, 5) is 14.9. The fourth-order valence-corrected chi connectivity index (χ4v) is 3.17. The highest BCUT2D eigenvalue weighted by atomic mass is 16.5. The van der Waals surface area contributed by atoms with E-state index in [9.17, 15) is 4.79 Å². The Kier molecular flexibility index (Phi) is 7.33. The van der Waals surface area contributed by atoms with Gasteiger partial charge in [0.05, 0.1) is 14.2 Å². The van der Waals surface area contributed by atoms with Crippen molar-refractivity contribution in [3.63, 3.8) is 0 Å². The highest BCUT2D eigenvalue weighted by Gasteiger charge is 2.16. The van der Waals surface area contributed by atoms with Crippen molar-refractivity contribution in [2.24, 2.45) is 0 Å². The number of carbonyl (C=O) groups excluding carboxylic acids is 1. The monoisotopic (exact) mass is 405 g/mol. The number of nitrogens with zero attached hydrogens (tertiary/aromatic N) is 1. The van der Waals surface area contributed by atoms with Crippen LogP contribution in [-0.4, -0.2) is 31.6 Å². The molecule has 5 heteroatoms. The highest BCUT2D eigenvalue weighted by molar-refractivity contribution is 5.94. The zero-order valence-corrected chi connectivity index (χ0v) is 17.6. The molecule has 0 saturated heterocycles. The number of ether oxygens (including phenoxy) is 3. The minimum atomic E-state index is -0.0440. The molecule has 0 aromatic heterocycles. The van der Waals surface area contributed by atoms with Crippen LogP contribution in [0.15, 0.2) is 72.8 Å².